The topological polar surface area (TPSA) is 92.8 Å². The summed E-state index contributed by atoms with van der Waals surface area (Å²) >= 11 is 0. The second-order valence-electron chi connectivity index (χ2n) is 5.83. The van der Waals surface area contributed by atoms with Gasteiger partial charge >= 0.3 is 5.97 Å². The summed E-state index contributed by atoms with van der Waals surface area (Å²) in [6.45, 7) is 7.10. The Hall–Kier alpha value is -3.16. The average molecular weight is 375 g/mol. The highest BCUT2D eigenvalue weighted by molar-refractivity contribution is 5.96. The highest BCUT2D eigenvalue weighted by atomic mass is 19.1. The molecule has 0 saturated carbocycles. The van der Waals surface area contributed by atoms with Gasteiger partial charge in [0.15, 0.2) is 6.10 Å². The summed E-state index contributed by atoms with van der Waals surface area (Å²) in [4.78, 5) is 27.0. The molecule has 8 heteroatoms. The van der Waals surface area contributed by atoms with E-state index in [0.717, 1.165) is 0 Å². The van der Waals surface area contributed by atoms with Gasteiger partial charge in [0.25, 0.3) is 5.91 Å². The van der Waals surface area contributed by atoms with E-state index in [-0.39, 0.29) is 12.4 Å². The number of nitrogens with zero attached hydrogens (tertiary/aromatic N) is 1. The fourth-order valence-corrected chi connectivity index (χ4v) is 2.43. The monoisotopic (exact) mass is 375 g/mol. The van der Waals surface area contributed by atoms with Crippen molar-refractivity contribution in [2.45, 2.75) is 33.8 Å². The number of carbonyl (C=O) groups excluding carboxylic acids is 2. The maximum atomic E-state index is 12.9. The molecule has 144 valence electrons. The van der Waals surface area contributed by atoms with Crippen LogP contribution in [0.15, 0.2) is 29.4 Å². The zero-order chi connectivity index (χ0) is 20.0. The molecule has 0 aliphatic heterocycles. The van der Waals surface area contributed by atoms with Crippen molar-refractivity contribution in [2.75, 3.05) is 6.61 Å². The molecule has 0 radical (unpaired) electrons. The number of hydrogen-bond donors (Lipinski definition) is 2. The summed E-state index contributed by atoms with van der Waals surface area (Å²) in [7, 11) is 0. The van der Waals surface area contributed by atoms with Crippen LogP contribution in [0.1, 0.15) is 41.2 Å². The van der Waals surface area contributed by atoms with Gasteiger partial charge in [0.05, 0.1) is 24.1 Å². The van der Waals surface area contributed by atoms with E-state index in [1.165, 1.54) is 30.5 Å². The number of esters is 1. The quantitative estimate of drug-likeness (QED) is 0.442. The maximum absolute atomic E-state index is 12.9. The van der Waals surface area contributed by atoms with Gasteiger partial charge < -0.3 is 14.5 Å². The number of halogens is 1. The number of aromatic nitrogens is 1. The fourth-order valence-electron chi connectivity index (χ4n) is 2.43. The van der Waals surface area contributed by atoms with Crippen LogP contribution in [0.3, 0.4) is 0 Å². The average Bonchev–Trinajstić information content (AvgIpc) is 2.90. The number of ether oxygens (including phenoxy) is 2. The van der Waals surface area contributed by atoms with Crippen LogP contribution >= 0.6 is 0 Å². The summed E-state index contributed by atoms with van der Waals surface area (Å²) < 4.78 is 23.3. The lowest BCUT2D eigenvalue weighted by atomic mass is 10.1. The Morgan fingerprint density at radius 1 is 1.30 bits per heavy atom. The van der Waals surface area contributed by atoms with Gasteiger partial charge in [-0.3, -0.25) is 4.79 Å². The molecule has 0 fully saturated rings. The Bertz CT molecular complexity index is 843. The highest BCUT2D eigenvalue weighted by Crippen LogP contribution is 2.17. The summed E-state index contributed by atoms with van der Waals surface area (Å²) in [6, 6.07) is 5.36. The van der Waals surface area contributed by atoms with Crippen molar-refractivity contribution in [1.29, 1.82) is 0 Å². The molecule has 2 N–H and O–H groups in total. The molecular weight excluding hydrogens is 353 g/mol. The molecule has 2 aromatic rings. The zero-order valence-electron chi connectivity index (χ0n) is 15.6. The molecule has 27 heavy (non-hydrogen) atoms. The highest BCUT2D eigenvalue weighted by Gasteiger charge is 2.18. The third kappa shape index (κ3) is 5.16. The minimum atomic E-state index is -0.825. The van der Waals surface area contributed by atoms with Crippen molar-refractivity contribution in [2.24, 2.45) is 5.10 Å². The lowest BCUT2D eigenvalue weighted by Crippen LogP contribution is -2.33. The van der Waals surface area contributed by atoms with Crippen molar-refractivity contribution in [3.63, 3.8) is 0 Å². The number of amides is 1. The van der Waals surface area contributed by atoms with Crippen LogP contribution < -0.4 is 10.2 Å². The normalized spacial score (nSPS) is 12.0. The number of benzene rings is 1. The first kappa shape index (κ1) is 20.2. The first-order valence-corrected chi connectivity index (χ1v) is 8.44. The molecule has 1 amide bonds. The second kappa shape index (κ2) is 8.98. The van der Waals surface area contributed by atoms with E-state index in [9.17, 15) is 14.0 Å². The molecule has 0 aliphatic rings. The molecule has 0 spiro atoms. The van der Waals surface area contributed by atoms with Gasteiger partial charge in [-0.2, -0.15) is 5.10 Å². The van der Waals surface area contributed by atoms with Crippen molar-refractivity contribution in [1.82, 2.24) is 10.4 Å². The van der Waals surface area contributed by atoms with Crippen molar-refractivity contribution < 1.29 is 23.5 Å². The van der Waals surface area contributed by atoms with Gasteiger partial charge in [-0.05, 0) is 57.5 Å². The van der Waals surface area contributed by atoms with Crippen molar-refractivity contribution in [3.05, 3.63) is 52.6 Å². The lowest BCUT2D eigenvalue weighted by molar-refractivity contribution is -0.127. The summed E-state index contributed by atoms with van der Waals surface area (Å²) in [5.74, 6) is -0.892. The van der Waals surface area contributed by atoms with Gasteiger partial charge in [-0.25, -0.2) is 14.6 Å². The predicted octanol–water partition coefficient (Wildman–Crippen LogP) is 2.86. The molecule has 2 rings (SSSR count). The molecular formula is C19H22FN3O4. The van der Waals surface area contributed by atoms with E-state index in [1.54, 1.807) is 27.7 Å². The fraction of sp³-hybridized carbons (Fsp3) is 0.316. The molecule has 0 saturated heterocycles. The van der Waals surface area contributed by atoms with Crippen LogP contribution in [0.4, 0.5) is 4.39 Å². The van der Waals surface area contributed by atoms with Crippen LogP contribution in [-0.2, 0) is 9.53 Å². The SMILES string of the molecule is CCOC(=O)c1c(C)[nH]c(/C=N/NC(=O)[C@H](C)Oc2ccc(F)cc2)c1C. The standard InChI is InChI=1S/C19H22FN3O4/c1-5-26-19(25)17-11(2)16(22-12(17)3)10-21-23-18(24)13(4)27-15-8-6-14(20)7-9-15/h6-10,13,22H,5H2,1-4H3,(H,23,24)/b21-10+/t13-/m0/s1. The van der Waals surface area contributed by atoms with E-state index >= 15 is 0 Å². The van der Waals surface area contributed by atoms with Gasteiger partial charge in [0.1, 0.15) is 11.6 Å². The second-order valence-corrected chi connectivity index (χ2v) is 5.83. The third-order valence-electron chi connectivity index (χ3n) is 3.82. The molecule has 1 aromatic heterocycles. The number of hydrogen-bond acceptors (Lipinski definition) is 5. The van der Waals surface area contributed by atoms with E-state index in [2.05, 4.69) is 15.5 Å². The van der Waals surface area contributed by atoms with E-state index in [1.807, 2.05) is 0 Å². The number of rotatable bonds is 7. The van der Waals surface area contributed by atoms with Crippen LogP contribution in [0.2, 0.25) is 0 Å². The van der Waals surface area contributed by atoms with E-state index < -0.39 is 18.0 Å². The minimum absolute atomic E-state index is 0.286. The predicted molar refractivity (Wildman–Crippen MR) is 98.4 cm³/mol. The van der Waals surface area contributed by atoms with Crippen LogP contribution in [-0.4, -0.2) is 35.8 Å². The molecule has 0 aliphatic carbocycles. The first-order chi connectivity index (χ1) is 12.8. The molecule has 1 aromatic carbocycles. The molecule has 1 atom stereocenters. The Kier molecular flexibility index (Phi) is 6.70. The smallest absolute Gasteiger partial charge is 0.340 e. The number of nitrogens with one attached hydrogen (secondary N) is 2. The zero-order valence-corrected chi connectivity index (χ0v) is 15.6. The third-order valence-corrected chi connectivity index (χ3v) is 3.82. The van der Waals surface area contributed by atoms with Crippen molar-refractivity contribution >= 4 is 18.1 Å². The molecule has 1 heterocycles. The minimum Gasteiger partial charge on any atom is -0.481 e. The summed E-state index contributed by atoms with van der Waals surface area (Å²) in [6.07, 6.45) is 0.585. The lowest BCUT2D eigenvalue weighted by Gasteiger charge is -2.12. The van der Waals surface area contributed by atoms with Gasteiger partial charge in [-0.1, -0.05) is 0 Å². The maximum Gasteiger partial charge on any atom is 0.340 e. The van der Waals surface area contributed by atoms with Crippen LogP contribution in [0, 0.1) is 19.7 Å². The summed E-state index contributed by atoms with van der Waals surface area (Å²) in [5.41, 5.74) is 4.75. The van der Waals surface area contributed by atoms with Gasteiger partial charge in [0.2, 0.25) is 0 Å². The first-order valence-electron chi connectivity index (χ1n) is 8.44. The molecule has 7 nitrogen and oxygen atoms in total. The number of carbonyl (C=O) groups is 2. The number of aryl methyl sites for hydroxylation is 1. The Labute approximate surface area is 156 Å². The van der Waals surface area contributed by atoms with Gasteiger partial charge in [0, 0.05) is 5.69 Å². The number of hydrazone groups is 1. The Morgan fingerprint density at radius 3 is 2.59 bits per heavy atom. The van der Waals surface area contributed by atoms with E-state index in [0.29, 0.717) is 28.3 Å². The molecule has 0 unspecified atom stereocenters. The molecule has 0 bridgehead atoms. The van der Waals surface area contributed by atoms with Gasteiger partial charge in [-0.15, -0.1) is 0 Å². The van der Waals surface area contributed by atoms with E-state index in [4.69, 9.17) is 9.47 Å². The number of aromatic amines is 1. The van der Waals surface area contributed by atoms with Crippen molar-refractivity contribution in [3.8, 4) is 5.75 Å². The Morgan fingerprint density at radius 2 is 1.96 bits per heavy atom. The Balaban J connectivity index is 1.98. The van der Waals surface area contributed by atoms with Crippen LogP contribution in [0.5, 0.6) is 5.75 Å². The van der Waals surface area contributed by atoms with Crippen LogP contribution in [0.25, 0.3) is 0 Å². The summed E-state index contributed by atoms with van der Waals surface area (Å²) in [5, 5.41) is 3.89. The largest absolute Gasteiger partial charge is 0.481 e. The number of H-pyrrole nitrogens is 1.